The van der Waals surface area contributed by atoms with Crippen molar-refractivity contribution in [2.75, 3.05) is 18.9 Å². The smallest absolute Gasteiger partial charge is 0.142 e. The molecule has 0 unspecified atom stereocenters. The Morgan fingerprint density at radius 2 is 2.17 bits per heavy atom. The minimum atomic E-state index is 0.507. The fourth-order valence-corrected chi connectivity index (χ4v) is 0.935. The van der Waals surface area contributed by atoms with Crippen molar-refractivity contribution in [1.29, 1.82) is 0 Å². The SMILES string of the molecule is Cc1ccc(N)c(OCCN)c1. The van der Waals surface area contributed by atoms with E-state index in [2.05, 4.69) is 0 Å². The van der Waals surface area contributed by atoms with Gasteiger partial charge in [0.2, 0.25) is 0 Å². The van der Waals surface area contributed by atoms with Gasteiger partial charge in [0.1, 0.15) is 12.4 Å². The summed E-state index contributed by atoms with van der Waals surface area (Å²) in [4.78, 5) is 0. The molecule has 0 saturated heterocycles. The summed E-state index contributed by atoms with van der Waals surface area (Å²) < 4.78 is 5.32. The molecule has 0 bridgehead atoms. The highest BCUT2D eigenvalue weighted by Crippen LogP contribution is 2.21. The first kappa shape index (κ1) is 8.87. The molecule has 12 heavy (non-hydrogen) atoms. The lowest BCUT2D eigenvalue weighted by Crippen LogP contribution is -2.11. The van der Waals surface area contributed by atoms with Crippen molar-refractivity contribution in [2.24, 2.45) is 5.73 Å². The molecule has 0 amide bonds. The first-order chi connectivity index (χ1) is 5.74. The molecule has 3 heteroatoms. The maximum Gasteiger partial charge on any atom is 0.142 e. The number of hydrogen-bond donors (Lipinski definition) is 2. The van der Waals surface area contributed by atoms with Crippen molar-refractivity contribution in [3.63, 3.8) is 0 Å². The second-order valence-corrected chi connectivity index (χ2v) is 2.68. The summed E-state index contributed by atoms with van der Waals surface area (Å²) in [5.41, 5.74) is 12.8. The molecule has 0 spiro atoms. The number of nitrogens with two attached hydrogens (primary N) is 2. The van der Waals surface area contributed by atoms with Gasteiger partial charge in [0.25, 0.3) is 0 Å². The second-order valence-electron chi connectivity index (χ2n) is 2.68. The number of hydrogen-bond acceptors (Lipinski definition) is 3. The van der Waals surface area contributed by atoms with Crippen LogP contribution in [0.2, 0.25) is 0 Å². The van der Waals surface area contributed by atoms with Crippen LogP contribution >= 0.6 is 0 Å². The first-order valence-electron chi connectivity index (χ1n) is 3.93. The van der Waals surface area contributed by atoms with Crippen molar-refractivity contribution < 1.29 is 4.74 Å². The van der Waals surface area contributed by atoms with E-state index in [0.29, 0.717) is 18.8 Å². The molecule has 0 aliphatic rings. The molecule has 0 aliphatic carbocycles. The Bertz CT molecular complexity index is 261. The minimum Gasteiger partial charge on any atom is -0.490 e. The molecule has 4 N–H and O–H groups in total. The topological polar surface area (TPSA) is 61.3 Å². The highest BCUT2D eigenvalue weighted by atomic mass is 16.5. The molecule has 0 fully saturated rings. The van der Waals surface area contributed by atoms with Crippen molar-refractivity contribution in [1.82, 2.24) is 0 Å². The van der Waals surface area contributed by atoms with Gasteiger partial charge < -0.3 is 16.2 Å². The van der Waals surface area contributed by atoms with Crippen LogP contribution in [0.4, 0.5) is 5.69 Å². The third-order valence-electron chi connectivity index (χ3n) is 1.54. The van der Waals surface area contributed by atoms with Crippen molar-refractivity contribution >= 4 is 5.69 Å². The Labute approximate surface area is 72.3 Å². The number of benzene rings is 1. The summed E-state index contributed by atoms with van der Waals surface area (Å²) in [6, 6.07) is 5.69. The Kier molecular flexibility index (Phi) is 2.94. The van der Waals surface area contributed by atoms with E-state index in [1.54, 1.807) is 0 Å². The third-order valence-corrected chi connectivity index (χ3v) is 1.54. The van der Waals surface area contributed by atoms with Gasteiger partial charge in [0, 0.05) is 6.54 Å². The lowest BCUT2D eigenvalue weighted by Gasteiger charge is -2.07. The number of nitrogen functional groups attached to an aromatic ring is 1. The van der Waals surface area contributed by atoms with Crippen LogP contribution in [0.5, 0.6) is 5.75 Å². The molecule has 1 aromatic rings. The maximum absolute atomic E-state index is 5.66. The monoisotopic (exact) mass is 166 g/mol. The zero-order valence-electron chi connectivity index (χ0n) is 7.21. The summed E-state index contributed by atoms with van der Waals surface area (Å²) in [7, 11) is 0. The Hall–Kier alpha value is -1.22. The van der Waals surface area contributed by atoms with Crippen LogP contribution in [0.3, 0.4) is 0 Å². The number of anilines is 1. The largest absolute Gasteiger partial charge is 0.490 e. The van der Waals surface area contributed by atoms with Crippen LogP contribution in [0.1, 0.15) is 5.56 Å². The zero-order valence-corrected chi connectivity index (χ0v) is 7.21. The summed E-state index contributed by atoms with van der Waals surface area (Å²) in [5, 5.41) is 0. The van der Waals surface area contributed by atoms with E-state index in [4.69, 9.17) is 16.2 Å². The molecule has 0 aromatic heterocycles. The Morgan fingerprint density at radius 1 is 1.42 bits per heavy atom. The molecule has 0 heterocycles. The first-order valence-corrected chi connectivity index (χ1v) is 3.93. The molecule has 1 aromatic carbocycles. The van der Waals surface area contributed by atoms with Gasteiger partial charge in [-0.3, -0.25) is 0 Å². The average Bonchev–Trinajstić information content (AvgIpc) is 2.07. The molecule has 0 atom stereocenters. The van der Waals surface area contributed by atoms with Gasteiger partial charge in [0.15, 0.2) is 0 Å². The standard InChI is InChI=1S/C9H14N2O/c1-7-2-3-8(11)9(6-7)12-5-4-10/h2-3,6H,4-5,10-11H2,1H3. The average molecular weight is 166 g/mol. The fraction of sp³-hybridized carbons (Fsp3) is 0.333. The van der Waals surface area contributed by atoms with E-state index in [1.165, 1.54) is 0 Å². The lowest BCUT2D eigenvalue weighted by molar-refractivity contribution is 0.330. The van der Waals surface area contributed by atoms with E-state index in [9.17, 15) is 0 Å². The quantitative estimate of drug-likeness (QED) is 0.656. The molecular formula is C9H14N2O. The third kappa shape index (κ3) is 2.13. The predicted molar refractivity (Wildman–Crippen MR) is 50.1 cm³/mol. The zero-order chi connectivity index (χ0) is 8.97. The van der Waals surface area contributed by atoms with Gasteiger partial charge in [-0.2, -0.15) is 0 Å². The van der Waals surface area contributed by atoms with Gasteiger partial charge >= 0.3 is 0 Å². The van der Waals surface area contributed by atoms with Gasteiger partial charge in [-0.15, -0.1) is 0 Å². The number of rotatable bonds is 3. The number of ether oxygens (including phenoxy) is 1. The van der Waals surface area contributed by atoms with Crippen molar-refractivity contribution in [3.05, 3.63) is 23.8 Å². The maximum atomic E-state index is 5.66. The molecule has 0 aliphatic heterocycles. The van der Waals surface area contributed by atoms with Crippen LogP contribution < -0.4 is 16.2 Å². The molecule has 1 rings (SSSR count). The van der Waals surface area contributed by atoms with E-state index in [1.807, 2.05) is 25.1 Å². The van der Waals surface area contributed by atoms with E-state index < -0.39 is 0 Å². The second kappa shape index (κ2) is 3.97. The minimum absolute atomic E-state index is 0.507. The molecule has 66 valence electrons. The van der Waals surface area contributed by atoms with Gasteiger partial charge in [-0.25, -0.2) is 0 Å². The summed E-state index contributed by atoms with van der Waals surface area (Å²) in [6.45, 7) is 3.01. The molecule has 3 nitrogen and oxygen atoms in total. The van der Waals surface area contributed by atoms with Crippen LogP contribution in [-0.2, 0) is 0 Å². The van der Waals surface area contributed by atoms with Crippen molar-refractivity contribution in [2.45, 2.75) is 6.92 Å². The number of aryl methyl sites for hydroxylation is 1. The Balaban J connectivity index is 2.75. The molecular weight excluding hydrogens is 152 g/mol. The van der Waals surface area contributed by atoms with Crippen molar-refractivity contribution in [3.8, 4) is 5.75 Å². The molecule has 0 radical (unpaired) electrons. The van der Waals surface area contributed by atoms with Crippen LogP contribution in [0, 0.1) is 6.92 Å². The van der Waals surface area contributed by atoms with Gasteiger partial charge in [0.05, 0.1) is 5.69 Å². The van der Waals surface area contributed by atoms with Crippen LogP contribution in [0.15, 0.2) is 18.2 Å². The predicted octanol–water partition coefficient (Wildman–Crippen LogP) is 0.915. The van der Waals surface area contributed by atoms with Crippen LogP contribution in [0.25, 0.3) is 0 Å². The molecule has 0 saturated carbocycles. The van der Waals surface area contributed by atoms with Crippen LogP contribution in [-0.4, -0.2) is 13.2 Å². The van der Waals surface area contributed by atoms with E-state index in [0.717, 1.165) is 11.3 Å². The van der Waals surface area contributed by atoms with E-state index >= 15 is 0 Å². The summed E-state index contributed by atoms with van der Waals surface area (Å²) >= 11 is 0. The summed E-state index contributed by atoms with van der Waals surface area (Å²) in [6.07, 6.45) is 0. The summed E-state index contributed by atoms with van der Waals surface area (Å²) in [5.74, 6) is 0.723. The van der Waals surface area contributed by atoms with E-state index in [-0.39, 0.29) is 0 Å². The highest BCUT2D eigenvalue weighted by molar-refractivity contribution is 5.53. The van der Waals surface area contributed by atoms with Gasteiger partial charge in [-0.05, 0) is 24.6 Å². The highest BCUT2D eigenvalue weighted by Gasteiger charge is 1.98. The normalized spacial score (nSPS) is 9.83. The Morgan fingerprint density at radius 3 is 2.83 bits per heavy atom. The van der Waals surface area contributed by atoms with Gasteiger partial charge in [-0.1, -0.05) is 6.07 Å². The fourth-order valence-electron chi connectivity index (χ4n) is 0.935. The lowest BCUT2D eigenvalue weighted by atomic mass is 10.2.